The van der Waals surface area contributed by atoms with Gasteiger partial charge in [-0.15, -0.1) is 0 Å². The van der Waals surface area contributed by atoms with Crippen LogP contribution in [0.4, 0.5) is 0 Å². The van der Waals surface area contributed by atoms with E-state index in [2.05, 4.69) is 31.4 Å². The van der Waals surface area contributed by atoms with Crippen molar-refractivity contribution >= 4 is 5.91 Å². The first-order chi connectivity index (χ1) is 9.11. The van der Waals surface area contributed by atoms with Gasteiger partial charge in [-0.05, 0) is 37.4 Å². The van der Waals surface area contributed by atoms with Crippen molar-refractivity contribution in [3.05, 3.63) is 24.0 Å². The number of nitrogens with one attached hydrogen (secondary N) is 1. The van der Waals surface area contributed by atoms with Crippen molar-refractivity contribution in [1.82, 2.24) is 14.8 Å². The molecule has 19 heavy (non-hydrogen) atoms. The Kier molecular flexibility index (Phi) is 4.64. The Balaban J connectivity index is 1.98. The molecule has 1 N–H and O–H groups in total. The summed E-state index contributed by atoms with van der Waals surface area (Å²) in [6, 6.07) is 2.46. The third kappa shape index (κ3) is 3.38. The first kappa shape index (κ1) is 14.1. The molecule has 0 bridgehead atoms. The van der Waals surface area contributed by atoms with E-state index in [1.165, 1.54) is 5.56 Å². The molecule has 0 spiro atoms. The van der Waals surface area contributed by atoms with Gasteiger partial charge in [0.05, 0.1) is 0 Å². The van der Waals surface area contributed by atoms with Crippen LogP contribution in [-0.2, 0) is 11.3 Å². The fraction of sp³-hybridized carbons (Fsp3) is 0.667. The van der Waals surface area contributed by atoms with Crippen molar-refractivity contribution in [1.29, 1.82) is 0 Å². The van der Waals surface area contributed by atoms with Crippen LogP contribution in [0.15, 0.2) is 18.5 Å². The van der Waals surface area contributed by atoms with Crippen molar-refractivity contribution in [2.45, 2.75) is 39.3 Å². The van der Waals surface area contributed by atoms with Crippen LogP contribution in [0.1, 0.15) is 38.3 Å². The summed E-state index contributed by atoms with van der Waals surface area (Å²) in [7, 11) is 1.98. The summed E-state index contributed by atoms with van der Waals surface area (Å²) in [5.41, 5.74) is 1.26. The predicted octanol–water partition coefficient (Wildman–Crippen LogP) is 2.03. The standard InChI is InChI=1S/C15H25N3O/c1-12(2)15(16-3)13-6-9-17(10-13)11-14(19)18-7-4-5-8-18/h6,9-10,12,15-16H,4-5,7-8,11H2,1-3H3. The van der Waals surface area contributed by atoms with Crippen LogP contribution in [0.25, 0.3) is 0 Å². The minimum atomic E-state index is 0.241. The number of likely N-dealkylation sites (tertiary alicyclic amines) is 1. The van der Waals surface area contributed by atoms with Crippen LogP contribution in [0.5, 0.6) is 0 Å². The van der Waals surface area contributed by atoms with Gasteiger partial charge in [0, 0.05) is 31.5 Å². The molecule has 1 unspecified atom stereocenters. The molecule has 2 heterocycles. The average molecular weight is 263 g/mol. The molecule has 1 aromatic heterocycles. The van der Waals surface area contributed by atoms with Crippen LogP contribution in [0.2, 0.25) is 0 Å². The third-order valence-corrected chi connectivity index (χ3v) is 3.89. The topological polar surface area (TPSA) is 37.3 Å². The van der Waals surface area contributed by atoms with Crippen LogP contribution in [-0.4, -0.2) is 35.5 Å². The number of aromatic nitrogens is 1. The lowest BCUT2D eigenvalue weighted by atomic mass is 9.99. The van der Waals surface area contributed by atoms with Crippen molar-refractivity contribution in [2.75, 3.05) is 20.1 Å². The highest BCUT2D eigenvalue weighted by molar-refractivity contribution is 5.76. The lowest BCUT2D eigenvalue weighted by Gasteiger charge is -2.19. The number of hydrogen-bond donors (Lipinski definition) is 1. The Bertz CT molecular complexity index is 419. The minimum absolute atomic E-state index is 0.241. The second kappa shape index (κ2) is 6.24. The second-order valence-electron chi connectivity index (χ2n) is 5.72. The Hall–Kier alpha value is -1.29. The molecule has 2 rings (SSSR count). The molecule has 4 heteroatoms. The number of carbonyl (C=O) groups excluding carboxylic acids is 1. The molecule has 0 saturated carbocycles. The van der Waals surface area contributed by atoms with Crippen molar-refractivity contribution in [3.63, 3.8) is 0 Å². The Morgan fingerprint density at radius 3 is 2.63 bits per heavy atom. The minimum Gasteiger partial charge on any atom is -0.345 e. The van der Waals surface area contributed by atoms with E-state index in [9.17, 15) is 4.79 Å². The van der Waals surface area contributed by atoms with Crippen molar-refractivity contribution < 1.29 is 4.79 Å². The lowest BCUT2D eigenvalue weighted by molar-refractivity contribution is -0.130. The molecular formula is C15H25N3O. The molecule has 1 atom stereocenters. The van der Waals surface area contributed by atoms with Gasteiger partial charge in [-0.1, -0.05) is 13.8 Å². The van der Waals surface area contributed by atoms with Gasteiger partial charge in [0.15, 0.2) is 0 Å². The fourth-order valence-corrected chi connectivity index (χ4v) is 2.85. The molecule has 1 aromatic rings. The number of rotatable bonds is 5. The van der Waals surface area contributed by atoms with E-state index >= 15 is 0 Å². The zero-order valence-corrected chi connectivity index (χ0v) is 12.2. The first-order valence-corrected chi connectivity index (χ1v) is 7.22. The quantitative estimate of drug-likeness (QED) is 0.882. The zero-order valence-electron chi connectivity index (χ0n) is 12.2. The molecule has 0 aliphatic carbocycles. The monoisotopic (exact) mass is 263 g/mol. The highest BCUT2D eigenvalue weighted by Crippen LogP contribution is 2.21. The molecule has 1 amide bonds. The Labute approximate surface area is 115 Å². The Morgan fingerprint density at radius 2 is 2.05 bits per heavy atom. The smallest absolute Gasteiger partial charge is 0.242 e. The number of hydrogen-bond acceptors (Lipinski definition) is 2. The van der Waals surface area contributed by atoms with E-state index in [-0.39, 0.29) is 5.91 Å². The number of carbonyl (C=O) groups is 1. The van der Waals surface area contributed by atoms with Crippen LogP contribution < -0.4 is 5.32 Å². The van der Waals surface area contributed by atoms with Gasteiger partial charge in [0.1, 0.15) is 6.54 Å². The SMILES string of the molecule is CNC(c1ccn(CC(=O)N2CCCC2)c1)C(C)C. The predicted molar refractivity (Wildman–Crippen MR) is 76.9 cm³/mol. The number of amides is 1. The van der Waals surface area contributed by atoms with Gasteiger partial charge in [0.25, 0.3) is 0 Å². The Morgan fingerprint density at radius 1 is 1.37 bits per heavy atom. The summed E-state index contributed by atoms with van der Waals surface area (Å²) in [6.45, 7) is 6.73. The summed E-state index contributed by atoms with van der Waals surface area (Å²) in [5, 5.41) is 3.33. The first-order valence-electron chi connectivity index (χ1n) is 7.22. The van der Waals surface area contributed by atoms with Gasteiger partial charge in [-0.3, -0.25) is 4.79 Å². The summed E-state index contributed by atoms with van der Waals surface area (Å²) in [6.07, 6.45) is 6.40. The van der Waals surface area contributed by atoms with Gasteiger partial charge in [-0.25, -0.2) is 0 Å². The average Bonchev–Trinajstić information content (AvgIpc) is 3.00. The van der Waals surface area contributed by atoms with Crippen LogP contribution >= 0.6 is 0 Å². The summed E-state index contributed by atoms with van der Waals surface area (Å²) >= 11 is 0. The molecule has 1 saturated heterocycles. The van der Waals surface area contributed by atoms with E-state index in [4.69, 9.17) is 0 Å². The van der Waals surface area contributed by atoms with E-state index in [0.29, 0.717) is 18.5 Å². The van der Waals surface area contributed by atoms with Crippen LogP contribution in [0.3, 0.4) is 0 Å². The van der Waals surface area contributed by atoms with Gasteiger partial charge < -0.3 is 14.8 Å². The highest BCUT2D eigenvalue weighted by Gasteiger charge is 2.19. The summed E-state index contributed by atoms with van der Waals surface area (Å²) < 4.78 is 2.00. The van der Waals surface area contributed by atoms with Crippen molar-refractivity contribution in [2.24, 2.45) is 5.92 Å². The van der Waals surface area contributed by atoms with Gasteiger partial charge >= 0.3 is 0 Å². The van der Waals surface area contributed by atoms with Crippen molar-refractivity contribution in [3.8, 4) is 0 Å². The third-order valence-electron chi connectivity index (χ3n) is 3.89. The lowest BCUT2D eigenvalue weighted by Crippen LogP contribution is -2.30. The zero-order chi connectivity index (χ0) is 13.8. The molecule has 1 fully saturated rings. The molecular weight excluding hydrogens is 238 g/mol. The molecule has 0 aromatic carbocycles. The molecule has 1 aliphatic rings. The van der Waals surface area contributed by atoms with Gasteiger partial charge in [0.2, 0.25) is 5.91 Å². The normalized spacial score (nSPS) is 17.2. The van der Waals surface area contributed by atoms with E-state index in [1.807, 2.05) is 22.7 Å². The molecule has 106 valence electrons. The van der Waals surface area contributed by atoms with E-state index in [1.54, 1.807) is 0 Å². The molecule has 0 radical (unpaired) electrons. The van der Waals surface area contributed by atoms with E-state index in [0.717, 1.165) is 25.9 Å². The number of nitrogens with zero attached hydrogens (tertiary/aromatic N) is 2. The molecule has 1 aliphatic heterocycles. The van der Waals surface area contributed by atoms with E-state index < -0.39 is 0 Å². The fourth-order valence-electron chi connectivity index (χ4n) is 2.85. The van der Waals surface area contributed by atoms with Crippen LogP contribution in [0, 0.1) is 5.92 Å². The largest absolute Gasteiger partial charge is 0.345 e. The maximum atomic E-state index is 12.1. The maximum absolute atomic E-state index is 12.1. The summed E-state index contributed by atoms with van der Waals surface area (Å²) in [4.78, 5) is 14.1. The highest BCUT2D eigenvalue weighted by atomic mass is 16.2. The molecule has 4 nitrogen and oxygen atoms in total. The summed E-state index contributed by atoms with van der Waals surface area (Å²) in [5.74, 6) is 0.778. The van der Waals surface area contributed by atoms with Gasteiger partial charge in [-0.2, -0.15) is 0 Å². The maximum Gasteiger partial charge on any atom is 0.242 e. The second-order valence-corrected chi connectivity index (χ2v) is 5.72.